The molecule has 0 bridgehead atoms. The van der Waals surface area contributed by atoms with E-state index in [1.165, 1.54) is 22.2 Å². The molecule has 36 heavy (non-hydrogen) atoms. The number of rotatable bonds is 7. The van der Waals surface area contributed by atoms with Crippen LogP contribution >= 0.6 is 11.3 Å². The Balaban J connectivity index is 1.45. The molecule has 3 aromatic carbocycles. The topological polar surface area (TPSA) is 95.3 Å². The van der Waals surface area contributed by atoms with Crippen molar-refractivity contribution in [2.45, 2.75) is 6.54 Å². The number of thiazole rings is 1. The van der Waals surface area contributed by atoms with Gasteiger partial charge in [-0.15, -0.1) is 0 Å². The number of amides is 1. The van der Waals surface area contributed by atoms with Gasteiger partial charge < -0.3 is 14.8 Å². The molecule has 5 rings (SSSR count). The highest BCUT2D eigenvalue weighted by atomic mass is 32.1. The molecule has 0 spiro atoms. The summed E-state index contributed by atoms with van der Waals surface area (Å²) in [4.78, 5) is 35.5. The molecule has 0 aliphatic heterocycles. The van der Waals surface area contributed by atoms with Crippen molar-refractivity contribution in [3.8, 4) is 33.2 Å². The summed E-state index contributed by atoms with van der Waals surface area (Å²) in [6.07, 6.45) is 1.39. The largest absolute Gasteiger partial charge is 0.497 e. The van der Waals surface area contributed by atoms with Gasteiger partial charge in [-0.1, -0.05) is 23.5 Å². The maximum Gasteiger partial charge on any atom is 0.261 e. The Bertz CT molecular complexity index is 1530. The van der Waals surface area contributed by atoms with Crippen LogP contribution in [0.2, 0.25) is 0 Å². The minimum atomic E-state index is -0.370. The highest BCUT2D eigenvalue weighted by molar-refractivity contribution is 7.19. The average Bonchev–Trinajstić information content (AvgIpc) is 3.34. The van der Waals surface area contributed by atoms with Crippen LogP contribution in [0.5, 0.6) is 11.5 Å². The van der Waals surface area contributed by atoms with Crippen LogP contribution in [0.4, 0.5) is 5.13 Å². The maximum atomic E-state index is 12.9. The monoisotopic (exact) mass is 498 g/mol. The van der Waals surface area contributed by atoms with Crippen LogP contribution in [0.15, 0.2) is 83.9 Å². The van der Waals surface area contributed by atoms with E-state index in [-0.39, 0.29) is 18.0 Å². The van der Waals surface area contributed by atoms with Crippen molar-refractivity contribution in [1.82, 2.24) is 14.5 Å². The summed E-state index contributed by atoms with van der Waals surface area (Å²) in [6.45, 7) is -0.175. The number of hydrogen-bond acceptors (Lipinski definition) is 7. The van der Waals surface area contributed by atoms with Crippen LogP contribution in [-0.2, 0) is 11.3 Å². The molecule has 180 valence electrons. The van der Waals surface area contributed by atoms with Gasteiger partial charge in [0.15, 0.2) is 5.13 Å². The van der Waals surface area contributed by atoms with E-state index in [9.17, 15) is 9.59 Å². The van der Waals surface area contributed by atoms with Crippen LogP contribution in [0.1, 0.15) is 0 Å². The fourth-order valence-corrected chi connectivity index (χ4v) is 4.80. The van der Waals surface area contributed by atoms with Crippen LogP contribution in [0.3, 0.4) is 0 Å². The maximum absolute atomic E-state index is 12.9. The lowest BCUT2D eigenvalue weighted by Crippen LogP contribution is -2.27. The molecule has 2 heterocycles. The number of carbonyl (C=O) groups excluding carboxylic acids is 1. The third kappa shape index (κ3) is 4.69. The lowest BCUT2D eigenvalue weighted by atomic mass is 10.1. The number of ether oxygens (including phenoxy) is 2. The van der Waals surface area contributed by atoms with Gasteiger partial charge in [0.25, 0.3) is 5.56 Å². The molecule has 0 aliphatic carbocycles. The van der Waals surface area contributed by atoms with Gasteiger partial charge in [0.05, 0.1) is 42.0 Å². The molecule has 0 radical (unpaired) electrons. The number of methoxy groups -OCH3 is 2. The van der Waals surface area contributed by atoms with Gasteiger partial charge in [-0.2, -0.15) is 0 Å². The Kier molecular flexibility index (Phi) is 6.46. The number of benzene rings is 3. The van der Waals surface area contributed by atoms with Gasteiger partial charge in [-0.3, -0.25) is 14.2 Å². The summed E-state index contributed by atoms with van der Waals surface area (Å²) in [5, 5.41) is 3.74. The molecule has 0 saturated heterocycles. The highest BCUT2D eigenvalue weighted by Crippen LogP contribution is 2.40. The van der Waals surface area contributed by atoms with Crippen LogP contribution in [0, 0.1) is 0 Å². The van der Waals surface area contributed by atoms with Gasteiger partial charge in [0.1, 0.15) is 18.0 Å². The lowest BCUT2D eigenvalue weighted by Gasteiger charge is -2.06. The molecule has 1 N–H and O–H groups in total. The molecule has 0 atom stereocenters. The normalized spacial score (nSPS) is 10.8. The summed E-state index contributed by atoms with van der Waals surface area (Å²) in [5.74, 6) is 1.12. The molecule has 1 amide bonds. The molecule has 0 aliphatic rings. The van der Waals surface area contributed by atoms with E-state index in [1.807, 2.05) is 54.6 Å². The second kappa shape index (κ2) is 10.0. The Morgan fingerprint density at radius 3 is 2.22 bits per heavy atom. The molecule has 8 nitrogen and oxygen atoms in total. The first kappa shape index (κ1) is 23.3. The number of anilines is 1. The molecule has 0 saturated carbocycles. The van der Waals surface area contributed by atoms with E-state index in [2.05, 4.69) is 10.3 Å². The molecule has 2 aromatic heterocycles. The standard InChI is InChI=1S/C27H22N4O4S/c1-34-19-11-7-17(8-12-19)24-25(18-9-13-20(35-2)14-10-18)36-27(30-24)29-23(32)15-31-16-28-22-6-4-3-5-21(22)26(31)33/h3-14,16H,15H2,1-2H3,(H,29,30,32). The summed E-state index contributed by atoms with van der Waals surface area (Å²) in [7, 11) is 3.24. The zero-order valence-electron chi connectivity index (χ0n) is 19.6. The first-order valence-corrected chi connectivity index (χ1v) is 11.9. The summed E-state index contributed by atoms with van der Waals surface area (Å²) >= 11 is 1.36. The summed E-state index contributed by atoms with van der Waals surface area (Å²) in [5.41, 5.74) is 2.87. The van der Waals surface area contributed by atoms with E-state index in [0.29, 0.717) is 16.0 Å². The third-order valence-corrected chi connectivity index (χ3v) is 6.65. The SMILES string of the molecule is COc1ccc(-c2nc(NC(=O)Cn3cnc4ccccc4c3=O)sc2-c2ccc(OC)cc2)cc1. The van der Waals surface area contributed by atoms with Gasteiger partial charge >= 0.3 is 0 Å². The van der Waals surface area contributed by atoms with E-state index >= 15 is 0 Å². The van der Waals surface area contributed by atoms with Gasteiger partial charge in [0, 0.05) is 5.56 Å². The fraction of sp³-hybridized carbons (Fsp3) is 0.111. The zero-order chi connectivity index (χ0) is 25.1. The van der Waals surface area contributed by atoms with E-state index in [0.717, 1.165) is 33.2 Å². The predicted octanol–water partition coefficient (Wildman–Crippen LogP) is 4.84. The second-order valence-electron chi connectivity index (χ2n) is 7.90. The Morgan fingerprint density at radius 2 is 1.56 bits per heavy atom. The van der Waals surface area contributed by atoms with Crippen LogP contribution in [-0.4, -0.2) is 34.7 Å². The average molecular weight is 499 g/mol. The Hall–Kier alpha value is -4.50. The minimum Gasteiger partial charge on any atom is -0.497 e. The number of carbonyl (C=O) groups is 1. The number of fused-ring (bicyclic) bond motifs is 1. The van der Waals surface area contributed by atoms with Crippen molar-refractivity contribution in [2.75, 3.05) is 19.5 Å². The highest BCUT2D eigenvalue weighted by Gasteiger charge is 2.17. The fourth-order valence-electron chi connectivity index (χ4n) is 3.79. The van der Waals surface area contributed by atoms with Crippen molar-refractivity contribution in [1.29, 1.82) is 0 Å². The molecule has 9 heteroatoms. The quantitative estimate of drug-likeness (QED) is 0.345. The molecule has 5 aromatic rings. The molecule has 0 unspecified atom stereocenters. The number of hydrogen-bond donors (Lipinski definition) is 1. The summed E-state index contributed by atoms with van der Waals surface area (Å²) < 4.78 is 11.8. The van der Waals surface area contributed by atoms with Crippen molar-refractivity contribution >= 4 is 33.3 Å². The molecule has 0 fully saturated rings. The molecular formula is C27H22N4O4S. The minimum absolute atomic E-state index is 0.175. The van der Waals surface area contributed by atoms with Crippen molar-refractivity contribution < 1.29 is 14.3 Å². The third-order valence-electron chi connectivity index (χ3n) is 5.63. The van der Waals surface area contributed by atoms with Gasteiger partial charge in [0.2, 0.25) is 5.91 Å². The Morgan fingerprint density at radius 1 is 0.917 bits per heavy atom. The number of aromatic nitrogens is 3. The predicted molar refractivity (Wildman–Crippen MR) is 141 cm³/mol. The van der Waals surface area contributed by atoms with Crippen LogP contribution in [0.25, 0.3) is 32.6 Å². The van der Waals surface area contributed by atoms with Gasteiger partial charge in [-0.05, 0) is 66.2 Å². The van der Waals surface area contributed by atoms with Crippen molar-refractivity contribution in [2.24, 2.45) is 0 Å². The Labute approximate surface area is 210 Å². The second-order valence-corrected chi connectivity index (χ2v) is 8.90. The first-order chi connectivity index (χ1) is 17.6. The number of nitrogens with zero attached hydrogens (tertiary/aromatic N) is 3. The number of para-hydroxylation sites is 1. The van der Waals surface area contributed by atoms with Crippen molar-refractivity contribution in [3.05, 3.63) is 89.5 Å². The lowest BCUT2D eigenvalue weighted by molar-refractivity contribution is -0.116. The smallest absolute Gasteiger partial charge is 0.261 e. The van der Waals surface area contributed by atoms with E-state index in [4.69, 9.17) is 14.5 Å². The number of nitrogens with one attached hydrogen (secondary N) is 1. The van der Waals surface area contributed by atoms with E-state index < -0.39 is 0 Å². The molecular weight excluding hydrogens is 476 g/mol. The van der Waals surface area contributed by atoms with E-state index in [1.54, 1.807) is 32.4 Å². The van der Waals surface area contributed by atoms with Gasteiger partial charge in [-0.25, -0.2) is 9.97 Å². The van der Waals surface area contributed by atoms with Crippen LogP contribution < -0.4 is 20.3 Å². The first-order valence-electron chi connectivity index (χ1n) is 11.1. The zero-order valence-corrected chi connectivity index (χ0v) is 20.4. The summed E-state index contributed by atoms with van der Waals surface area (Å²) in [6, 6.07) is 22.3. The van der Waals surface area contributed by atoms with Crippen molar-refractivity contribution in [3.63, 3.8) is 0 Å².